The standard InChI is InChI=1S/C7H13N3O3S/c1-5(9-12-3)6(14-4)10-13-7(11)8-2/h9H,1H2,2-4H3,(H,8,11). The summed E-state index contributed by atoms with van der Waals surface area (Å²) in [5, 5.41) is 6.24. The molecule has 0 aliphatic carbocycles. The van der Waals surface area contributed by atoms with E-state index in [4.69, 9.17) is 0 Å². The Morgan fingerprint density at radius 3 is 2.64 bits per heavy atom. The highest BCUT2D eigenvalue weighted by Crippen LogP contribution is 2.05. The lowest BCUT2D eigenvalue weighted by molar-refractivity contribution is 0.122. The number of nitrogens with zero attached hydrogens (tertiary/aromatic N) is 1. The molecule has 0 rings (SSSR count). The number of rotatable bonds is 4. The zero-order valence-corrected chi connectivity index (χ0v) is 9.10. The van der Waals surface area contributed by atoms with Gasteiger partial charge in [-0.25, -0.2) is 4.79 Å². The minimum Gasteiger partial charge on any atom is -0.323 e. The lowest BCUT2D eigenvalue weighted by Crippen LogP contribution is -2.20. The zero-order chi connectivity index (χ0) is 11.0. The maximum Gasteiger partial charge on any atom is 0.433 e. The predicted molar refractivity (Wildman–Crippen MR) is 55.8 cm³/mol. The van der Waals surface area contributed by atoms with Crippen molar-refractivity contribution < 1.29 is 14.5 Å². The highest BCUT2D eigenvalue weighted by Gasteiger charge is 2.05. The molecule has 2 N–H and O–H groups in total. The molecule has 0 saturated carbocycles. The van der Waals surface area contributed by atoms with Gasteiger partial charge in [-0.2, -0.15) is 0 Å². The quantitative estimate of drug-likeness (QED) is 0.315. The van der Waals surface area contributed by atoms with Crippen LogP contribution < -0.4 is 10.8 Å². The molecule has 80 valence electrons. The van der Waals surface area contributed by atoms with Gasteiger partial charge in [-0.05, 0) is 6.26 Å². The van der Waals surface area contributed by atoms with Crippen LogP contribution in [0.2, 0.25) is 0 Å². The minimum absolute atomic E-state index is 0.420. The summed E-state index contributed by atoms with van der Waals surface area (Å²) in [5.41, 5.74) is 2.90. The van der Waals surface area contributed by atoms with Gasteiger partial charge in [0.15, 0.2) is 5.04 Å². The van der Waals surface area contributed by atoms with E-state index in [2.05, 4.69) is 32.2 Å². The maximum atomic E-state index is 10.7. The molecule has 7 heteroatoms. The van der Waals surface area contributed by atoms with Crippen molar-refractivity contribution in [2.75, 3.05) is 20.4 Å². The van der Waals surface area contributed by atoms with E-state index >= 15 is 0 Å². The molecule has 0 heterocycles. The molecule has 0 aromatic heterocycles. The SMILES string of the molecule is C=C(NOC)C(=NOC(=O)NC)SC. The molecule has 0 aliphatic heterocycles. The van der Waals surface area contributed by atoms with Crippen molar-refractivity contribution in [3.8, 4) is 0 Å². The molecule has 14 heavy (non-hydrogen) atoms. The third-order valence-corrected chi connectivity index (χ3v) is 1.80. The lowest BCUT2D eigenvalue weighted by atomic mass is 10.6. The summed E-state index contributed by atoms with van der Waals surface area (Å²) in [7, 11) is 2.89. The van der Waals surface area contributed by atoms with Gasteiger partial charge in [-0.3, -0.25) is 15.2 Å². The number of nitrogens with one attached hydrogen (secondary N) is 2. The van der Waals surface area contributed by atoms with E-state index in [0.29, 0.717) is 10.7 Å². The number of hydrogen-bond acceptors (Lipinski definition) is 6. The minimum atomic E-state index is -0.637. The van der Waals surface area contributed by atoms with Crippen LogP contribution in [0.1, 0.15) is 0 Å². The fourth-order valence-corrected chi connectivity index (χ4v) is 0.911. The molecule has 1 amide bonds. The Morgan fingerprint density at radius 1 is 1.57 bits per heavy atom. The first-order chi connectivity index (χ1) is 6.65. The van der Waals surface area contributed by atoms with Crippen LogP contribution in [0.15, 0.2) is 17.4 Å². The molecule has 0 atom stereocenters. The molecule has 6 nitrogen and oxygen atoms in total. The van der Waals surface area contributed by atoms with E-state index in [9.17, 15) is 4.79 Å². The van der Waals surface area contributed by atoms with Crippen LogP contribution in [0.4, 0.5) is 4.79 Å². The third-order valence-electron chi connectivity index (χ3n) is 1.09. The summed E-state index contributed by atoms with van der Waals surface area (Å²) >= 11 is 1.27. The fourth-order valence-electron chi connectivity index (χ4n) is 0.511. The third kappa shape index (κ3) is 4.73. The van der Waals surface area contributed by atoms with Gasteiger partial charge in [0.25, 0.3) is 0 Å². The molecule has 0 bridgehead atoms. The highest BCUT2D eigenvalue weighted by molar-refractivity contribution is 8.13. The van der Waals surface area contributed by atoms with Crippen LogP contribution in [0.3, 0.4) is 0 Å². The Labute approximate surface area is 86.7 Å². The van der Waals surface area contributed by atoms with Crippen molar-refractivity contribution in [1.82, 2.24) is 10.8 Å². The van der Waals surface area contributed by atoms with Crippen LogP contribution in [0.5, 0.6) is 0 Å². The average molecular weight is 219 g/mol. The number of hydrogen-bond donors (Lipinski definition) is 2. The highest BCUT2D eigenvalue weighted by atomic mass is 32.2. The van der Waals surface area contributed by atoms with E-state index in [0.717, 1.165) is 0 Å². The fraction of sp³-hybridized carbons (Fsp3) is 0.429. The van der Waals surface area contributed by atoms with Crippen molar-refractivity contribution in [3.63, 3.8) is 0 Å². The molecular weight excluding hydrogens is 206 g/mol. The number of oxime groups is 1. The monoisotopic (exact) mass is 219 g/mol. The van der Waals surface area contributed by atoms with Gasteiger partial charge < -0.3 is 5.32 Å². The predicted octanol–water partition coefficient (Wildman–Crippen LogP) is 0.684. The Hall–Kier alpha value is -1.21. The molecule has 0 radical (unpaired) electrons. The van der Waals surface area contributed by atoms with Gasteiger partial charge in [0, 0.05) is 7.05 Å². The molecule has 0 saturated heterocycles. The van der Waals surface area contributed by atoms with Crippen LogP contribution in [-0.2, 0) is 9.68 Å². The molecular formula is C7H13N3O3S. The van der Waals surface area contributed by atoms with E-state index in [1.54, 1.807) is 6.26 Å². The lowest BCUT2D eigenvalue weighted by Gasteiger charge is -2.06. The van der Waals surface area contributed by atoms with Crippen molar-refractivity contribution >= 4 is 22.9 Å². The topological polar surface area (TPSA) is 71.9 Å². The van der Waals surface area contributed by atoms with Gasteiger partial charge >= 0.3 is 6.09 Å². The summed E-state index contributed by atoms with van der Waals surface area (Å²) in [4.78, 5) is 19.8. The smallest absolute Gasteiger partial charge is 0.323 e. The number of carbonyl (C=O) groups is 1. The van der Waals surface area contributed by atoms with Gasteiger partial charge in [0.05, 0.1) is 12.8 Å². The van der Waals surface area contributed by atoms with Crippen molar-refractivity contribution in [2.24, 2.45) is 5.16 Å². The Bertz CT molecular complexity index is 242. The summed E-state index contributed by atoms with van der Waals surface area (Å²) in [6.45, 7) is 3.62. The second kappa shape index (κ2) is 7.22. The first-order valence-electron chi connectivity index (χ1n) is 3.64. The number of thioether (sulfide) groups is 1. The summed E-state index contributed by atoms with van der Waals surface area (Å²) in [5.74, 6) is 0. The summed E-state index contributed by atoms with van der Waals surface area (Å²) < 4.78 is 0. The van der Waals surface area contributed by atoms with Crippen LogP contribution in [-0.4, -0.2) is 31.6 Å². The number of carbonyl (C=O) groups excluding carboxylic acids is 1. The van der Waals surface area contributed by atoms with Crippen molar-refractivity contribution in [3.05, 3.63) is 12.3 Å². The molecule has 0 aromatic carbocycles. The first-order valence-corrected chi connectivity index (χ1v) is 4.87. The van der Waals surface area contributed by atoms with E-state index in [1.165, 1.54) is 25.9 Å². The average Bonchev–Trinajstić information content (AvgIpc) is 2.18. The first kappa shape index (κ1) is 12.8. The van der Waals surface area contributed by atoms with Gasteiger partial charge in [0.1, 0.15) is 0 Å². The largest absolute Gasteiger partial charge is 0.433 e. The molecule has 0 aliphatic rings. The molecule has 0 aromatic rings. The van der Waals surface area contributed by atoms with Gasteiger partial charge in [-0.1, -0.05) is 11.7 Å². The van der Waals surface area contributed by atoms with E-state index in [1.807, 2.05) is 0 Å². The van der Waals surface area contributed by atoms with E-state index < -0.39 is 6.09 Å². The number of hydroxylamine groups is 1. The molecule has 0 unspecified atom stereocenters. The second-order valence-corrected chi connectivity index (χ2v) is 2.81. The summed E-state index contributed by atoms with van der Waals surface area (Å²) in [6, 6.07) is 0. The second-order valence-electron chi connectivity index (χ2n) is 2.01. The Kier molecular flexibility index (Phi) is 6.59. The Balaban J connectivity index is 4.24. The van der Waals surface area contributed by atoms with Gasteiger partial charge in [0.2, 0.25) is 0 Å². The van der Waals surface area contributed by atoms with Crippen molar-refractivity contribution in [2.45, 2.75) is 0 Å². The van der Waals surface area contributed by atoms with Crippen LogP contribution >= 0.6 is 11.8 Å². The van der Waals surface area contributed by atoms with E-state index in [-0.39, 0.29) is 0 Å². The van der Waals surface area contributed by atoms with Crippen LogP contribution in [0.25, 0.3) is 0 Å². The van der Waals surface area contributed by atoms with Gasteiger partial charge in [-0.15, -0.1) is 11.8 Å². The number of amides is 1. The maximum absolute atomic E-state index is 10.7. The molecule has 0 spiro atoms. The normalized spacial score (nSPS) is 10.6. The van der Waals surface area contributed by atoms with Crippen molar-refractivity contribution in [1.29, 1.82) is 0 Å². The molecule has 0 fully saturated rings. The summed E-state index contributed by atoms with van der Waals surface area (Å²) in [6.07, 6.45) is 1.14. The Morgan fingerprint density at radius 2 is 2.21 bits per heavy atom. The zero-order valence-electron chi connectivity index (χ0n) is 8.29. The van der Waals surface area contributed by atoms with Crippen LogP contribution in [0, 0.1) is 0 Å².